The van der Waals surface area contributed by atoms with Crippen molar-refractivity contribution in [3.63, 3.8) is 0 Å². The summed E-state index contributed by atoms with van der Waals surface area (Å²) in [6, 6.07) is 3.79. The van der Waals surface area contributed by atoms with Gasteiger partial charge in [0.25, 0.3) is 0 Å². The van der Waals surface area contributed by atoms with Crippen molar-refractivity contribution < 1.29 is 5.11 Å². The quantitative estimate of drug-likeness (QED) is 0.862. The lowest BCUT2D eigenvalue weighted by molar-refractivity contribution is 0.220. The van der Waals surface area contributed by atoms with Crippen LogP contribution in [0.5, 0.6) is 0 Å². The third-order valence-corrected chi connectivity index (χ3v) is 4.30. The first kappa shape index (κ1) is 10.4. The van der Waals surface area contributed by atoms with Crippen LogP contribution in [-0.4, -0.2) is 10.1 Å². The van der Waals surface area contributed by atoms with E-state index in [1.807, 2.05) is 12.1 Å². The first-order chi connectivity index (χ1) is 6.68. The molecule has 0 aliphatic heterocycles. The predicted molar refractivity (Wildman–Crippen MR) is 64.6 cm³/mol. The maximum atomic E-state index is 10.0. The maximum absolute atomic E-state index is 10.0. The Hall–Kier alpha value is -0.100. The van der Waals surface area contributed by atoms with E-state index in [-0.39, 0.29) is 0 Å². The van der Waals surface area contributed by atoms with E-state index in [0.717, 1.165) is 18.7 Å². The van der Waals surface area contributed by atoms with Crippen molar-refractivity contribution >= 4 is 43.2 Å². The summed E-state index contributed by atoms with van der Waals surface area (Å²) < 4.78 is 1.96. The van der Waals surface area contributed by atoms with Crippen LogP contribution in [0.1, 0.15) is 17.2 Å². The monoisotopic (exact) mass is 335 g/mol. The molecule has 0 spiro atoms. The summed E-state index contributed by atoms with van der Waals surface area (Å²) >= 11 is 8.36. The molecule has 2 aromatic heterocycles. The van der Waals surface area contributed by atoms with Crippen LogP contribution in [0.25, 0.3) is 0 Å². The van der Waals surface area contributed by atoms with Crippen LogP contribution in [0, 0.1) is 0 Å². The number of aliphatic hydroxyl groups excluding tert-OH is 1. The zero-order chi connectivity index (χ0) is 10.1. The molecule has 0 aliphatic carbocycles. The molecule has 0 saturated heterocycles. The second-order valence-corrected chi connectivity index (χ2v) is 6.58. The molecule has 0 bridgehead atoms. The van der Waals surface area contributed by atoms with Crippen molar-refractivity contribution in [3.05, 3.63) is 43.2 Å². The van der Waals surface area contributed by atoms with E-state index in [9.17, 15) is 5.11 Å². The van der Waals surface area contributed by atoms with Gasteiger partial charge in [-0.1, -0.05) is 0 Å². The van der Waals surface area contributed by atoms with E-state index in [1.54, 1.807) is 23.7 Å². The molecule has 0 aromatic carbocycles. The number of rotatable bonds is 2. The van der Waals surface area contributed by atoms with Crippen LogP contribution in [0.2, 0.25) is 0 Å². The lowest BCUT2D eigenvalue weighted by atomic mass is 10.1. The van der Waals surface area contributed by atoms with E-state index in [4.69, 9.17) is 0 Å². The van der Waals surface area contributed by atoms with Gasteiger partial charge in [-0.25, -0.2) is 0 Å². The number of halogens is 2. The van der Waals surface area contributed by atoms with E-state index in [1.165, 1.54) is 0 Å². The van der Waals surface area contributed by atoms with Crippen LogP contribution in [0.4, 0.5) is 0 Å². The van der Waals surface area contributed by atoms with Crippen molar-refractivity contribution in [3.8, 4) is 0 Å². The van der Waals surface area contributed by atoms with Crippen molar-refractivity contribution in [2.24, 2.45) is 0 Å². The third-order valence-electron chi connectivity index (χ3n) is 1.92. The number of aromatic amines is 1. The average molecular weight is 337 g/mol. The smallest absolute Gasteiger partial charge is 0.107 e. The second-order valence-electron chi connectivity index (χ2n) is 2.83. The molecule has 0 aliphatic rings. The topological polar surface area (TPSA) is 36.0 Å². The first-order valence-electron chi connectivity index (χ1n) is 3.94. The maximum Gasteiger partial charge on any atom is 0.107 e. The molecule has 1 unspecified atom stereocenters. The molecule has 5 heteroatoms. The molecular formula is C9H7Br2NOS. The molecule has 74 valence electrons. The number of H-pyrrole nitrogens is 1. The fourth-order valence-corrected chi connectivity index (χ4v) is 4.11. The molecule has 2 rings (SSSR count). The van der Waals surface area contributed by atoms with E-state index < -0.39 is 6.10 Å². The third kappa shape index (κ3) is 1.95. The molecule has 2 heterocycles. The number of hydrogen-bond donors (Lipinski definition) is 2. The summed E-state index contributed by atoms with van der Waals surface area (Å²) in [5.41, 5.74) is 1.76. The summed E-state index contributed by atoms with van der Waals surface area (Å²) in [7, 11) is 0. The molecule has 0 amide bonds. The van der Waals surface area contributed by atoms with Gasteiger partial charge in [0.15, 0.2) is 0 Å². The highest BCUT2D eigenvalue weighted by Crippen LogP contribution is 2.37. The number of aromatic nitrogens is 1. The van der Waals surface area contributed by atoms with Crippen molar-refractivity contribution in [2.45, 2.75) is 6.10 Å². The summed E-state index contributed by atoms with van der Waals surface area (Å²) in [5, 5.41) is 10.0. The molecule has 0 fully saturated rings. The first-order valence-corrected chi connectivity index (χ1v) is 6.34. The van der Waals surface area contributed by atoms with Gasteiger partial charge in [-0.15, -0.1) is 11.3 Å². The molecule has 2 N–H and O–H groups in total. The molecular weight excluding hydrogens is 330 g/mol. The Morgan fingerprint density at radius 2 is 2.21 bits per heavy atom. The number of aliphatic hydroxyl groups is 1. The molecule has 14 heavy (non-hydrogen) atoms. The van der Waals surface area contributed by atoms with Gasteiger partial charge in [0.2, 0.25) is 0 Å². The summed E-state index contributed by atoms with van der Waals surface area (Å²) in [6.07, 6.45) is 3.02. The number of hydrogen-bond acceptors (Lipinski definition) is 2. The summed E-state index contributed by atoms with van der Waals surface area (Å²) in [6.45, 7) is 0. The number of thiophene rings is 1. The lowest BCUT2D eigenvalue weighted by Gasteiger charge is -2.06. The standard InChI is InChI=1S/C9H7Br2NOS/c10-7-3-6(9(11)14-7)8(13)5-1-2-12-4-5/h1-4,8,12-13H. The Morgan fingerprint density at radius 1 is 1.43 bits per heavy atom. The van der Waals surface area contributed by atoms with Gasteiger partial charge in [0.05, 0.1) is 7.57 Å². The van der Waals surface area contributed by atoms with E-state index >= 15 is 0 Å². The fraction of sp³-hybridized carbons (Fsp3) is 0.111. The van der Waals surface area contributed by atoms with Crippen LogP contribution in [0.3, 0.4) is 0 Å². The van der Waals surface area contributed by atoms with Crippen molar-refractivity contribution in [2.75, 3.05) is 0 Å². The highest BCUT2D eigenvalue weighted by atomic mass is 79.9. The fourth-order valence-electron chi connectivity index (χ4n) is 1.23. The van der Waals surface area contributed by atoms with Crippen LogP contribution >= 0.6 is 43.2 Å². The Bertz CT molecular complexity index is 424. The zero-order valence-electron chi connectivity index (χ0n) is 7.00. The van der Waals surface area contributed by atoms with Gasteiger partial charge in [0, 0.05) is 23.5 Å². The largest absolute Gasteiger partial charge is 0.384 e. The number of nitrogens with one attached hydrogen (secondary N) is 1. The second kappa shape index (κ2) is 4.18. The average Bonchev–Trinajstić information content (AvgIpc) is 2.73. The normalized spacial score (nSPS) is 13.1. The molecule has 2 aromatic rings. The zero-order valence-corrected chi connectivity index (χ0v) is 11.0. The van der Waals surface area contributed by atoms with Gasteiger partial charge in [-0.05, 0) is 44.0 Å². The minimum Gasteiger partial charge on any atom is -0.384 e. The highest BCUT2D eigenvalue weighted by Gasteiger charge is 2.16. The summed E-state index contributed by atoms with van der Waals surface area (Å²) in [5.74, 6) is 0. The van der Waals surface area contributed by atoms with Gasteiger partial charge in [0.1, 0.15) is 6.10 Å². The Labute approximate surface area is 102 Å². The summed E-state index contributed by atoms with van der Waals surface area (Å²) in [4.78, 5) is 2.92. The molecule has 0 saturated carbocycles. The Morgan fingerprint density at radius 3 is 2.71 bits per heavy atom. The lowest BCUT2D eigenvalue weighted by Crippen LogP contribution is -1.96. The predicted octanol–water partition coefficient (Wildman–Crippen LogP) is 3.68. The van der Waals surface area contributed by atoms with Crippen LogP contribution in [0.15, 0.2) is 32.1 Å². The van der Waals surface area contributed by atoms with Gasteiger partial charge >= 0.3 is 0 Å². The van der Waals surface area contributed by atoms with Gasteiger partial charge in [-0.3, -0.25) is 0 Å². The minimum atomic E-state index is -0.571. The highest BCUT2D eigenvalue weighted by molar-refractivity contribution is 9.12. The Kier molecular flexibility index (Phi) is 3.11. The van der Waals surface area contributed by atoms with Gasteiger partial charge < -0.3 is 10.1 Å². The van der Waals surface area contributed by atoms with Crippen molar-refractivity contribution in [1.29, 1.82) is 0 Å². The van der Waals surface area contributed by atoms with E-state index in [0.29, 0.717) is 0 Å². The minimum absolute atomic E-state index is 0.571. The molecule has 0 radical (unpaired) electrons. The molecule has 2 nitrogen and oxygen atoms in total. The van der Waals surface area contributed by atoms with Crippen LogP contribution < -0.4 is 0 Å². The van der Waals surface area contributed by atoms with Crippen LogP contribution in [-0.2, 0) is 0 Å². The van der Waals surface area contributed by atoms with Crippen molar-refractivity contribution in [1.82, 2.24) is 4.98 Å². The SMILES string of the molecule is OC(c1cc[nH]c1)c1cc(Br)sc1Br. The molecule has 1 atom stereocenters. The van der Waals surface area contributed by atoms with Gasteiger partial charge in [-0.2, -0.15) is 0 Å². The Balaban J connectivity index is 2.36. The van der Waals surface area contributed by atoms with E-state index in [2.05, 4.69) is 36.8 Å².